The van der Waals surface area contributed by atoms with E-state index in [1.54, 1.807) is 41.9 Å². The summed E-state index contributed by atoms with van der Waals surface area (Å²) in [5.41, 5.74) is 0.476. The predicted octanol–water partition coefficient (Wildman–Crippen LogP) is 2.85. The van der Waals surface area contributed by atoms with Crippen molar-refractivity contribution >= 4 is 43.6 Å². The van der Waals surface area contributed by atoms with Gasteiger partial charge in [-0.25, -0.2) is 4.98 Å². The Morgan fingerprint density at radius 2 is 2.00 bits per heavy atom. The quantitative estimate of drug-likeness (QED) is 0.808. The van der Waals surface area contributed by atoms with Crippen LogP contribution in [0.2, 0.25) is 5.15 Å². The predicted molar refractivity (Wildman–Crippen MR) is 75.3 cm³/mol. The summed E-state index contributed by atoms with van der Waals surface area (Å²) in [7, 11) is -3.77. The number of halogens is 1. The molecule has 1 aromatic carbocycles. The molecule has 0 saturated carbocycles. The summed E-state index contributed by atoms with van der Waals surface area (Å²) in [5.74, 6) is 0. The fourth-order valence-corrected chi connectivity index (χ4v) is 4.20. The first-order valence-corrected chi connectivity index (χ1v) is 8.01. The first-order chi connectivity index (χ1) is 9.08. The third-order valence-electron chi connectivity index (χ3n) is 2.46. The summed E-state index contributed by atoms with van der Waals surface area (Å²) >= 11 is 7.24. The molecule has 0 aliphatic rings. The van der Waals surface area contributed by atoms with Crippen LogP contribution in [0.4, 0.5) is 5.69 Å². The molecular weight excluding hydrogens is 306 g/mol. The smallest absolute Gasteiger partial charge is 0.278 e. The summed E-state index contributed by atoms with van der Waals surface area (Å²) in [5, 5.41) is 1.67. The second-order valence-electron chi connectivity index (χ2n) is 3.73. The number of imidazole rings is 1. The molecular formula is C11H8ClN3O2S2. The standard InChI is InChI=1S/C11H8ClN3O2S2/c12-9-10(15-6-7-18-11(15)13-9)19(16,17)14-8-4-2-1-3-5-8/h1-7,14H. The summed E-state index contributed by atoms with van der Waals surface area (Å²) in [6.45, 7) is 0. The molecule has 0 amide bonds. The van der Waals surface area contributed by atoms with E-state index in [1.807, 2.05) is 0 Å². The molecule has 0 unspecified atom stereocenters. The number of benzene rings is 1. The summed E-state index contributed by atoms with van der Waals surface area (Å²) in [6, 6.07) is 8.63. The van der Waals surface area contributed by atoms with Gasteiger partial charge in [0.25, 0.3) is 10.0 Å². The number of para-hydroxylation sites is 1. The summed E-state index contributed by atoms with van der Waals surface area (Å²) in [6.07, 6.45) is 1.62. The molecule has 8 heteroatoms. The van der Waals surface area contributed by atoms with Gasteiger partial charge < -0.3 is 0 Å². The van der Waals surface area contributed by atoms with Crippen LogP contribution in [0, 0.1) is 0 Å². The van der Waals surface area contributed by atoms with Crippen LogP contribution < -0.4 is 4.72 Å². The lowest BCUT2D eigenvalue weighted by atomic mass is 10.3. The highest BCUT2D eigenvalue weighted by molar-refractivity contribution is 7.92. The fraction of sp³-hybridized carbons (Fsp3) is 0. The third kappa shape index (κ3) is 2.20. The van der Waals surface area contributed by atoms with Crippen molar-refractivity contribution in [2.24, 2.45) is 0 Å². The van der Waals surface area contributed by atoms with Crippen molar-refractivity contribution in [3.05, 3.63) is 47.1 Å². The Labute approximate surface area is 118 Å². The molecule has 0 bridgehead atoms. The molecule has 5 nitrogen and oxygen atoms in total. The highest BCUT2D eigenvalue weighted by atomic mass is 35.5. The van der Waals surface area contributed by atoms with Crippen LogP contribution in [0.1, 0.15) is 0 Å². The number of sulfonamides is 1. The number of hydrogen-bond acceptors (Lipinski definition) is 4. The van der Waals surface area contributed by atoms with Crippen LogP contribution in [-0.4, -0.2) is 17.8 Å². The minimum absolute atomic E-state index is 0.0321. The second-order valence-corrected chi connectivity index (χ2v) is 6.56. The van der Waals surface area contributed by atoms with Crippen LogP contribution in [0.3, 0.4) is 0 Å². The SMILES string of the molecule is O=S(=O)(Nc1ccccc1)c1c(Cl)nc2sccn12. The number of nitrogens with one attached hydrogen (secondary N) is 1. The van der Waals surface area contributed by atoms with Gasteiger partial charge in [-0.15, -0.1) is 11.3 Å². The number of thiazole rings is 1. The normalized spacial score (nSPS) is 11.8. The molecule has 0 aliphatic carbocycles. The van der Waals surface area contributed by atoms with Gasteiger partial charge >= 0.3 is 0 Å². The van der Waals surface area contributed by atoms with Crippen molar-refractivity contribution in [1.82, 2.24) is 9.38 Å². The molecule has 3 rings (SSSR count). The zero-order valence-electron chi connectivity index (χ0n) is 9.45. The monoisotopic (exact) mass is 313 g/mol. The molecule has 0 atom stereocenters. The maximum absolute atomic E-state index is 12.3. The van der Waals surface area contributed by atoms with Gasteiger partial charge in [0.2, 0.25) is 0 Å². The van der Waals surface area contributed by atoms with E-state index >= 15 is 0 Å². The average molecular weight is 314 g/mol. The maximum atomic E-state index is 12.3. The average Bonchev–Trinajstić information content (AvgIpc) is 2.88. The highest BCUT2D eigenvalue weighted by Crippen LogP contribution is 2.26. The topological polar surface area (TPSA) is 63.5 Å². The Kier molecular flexibility index (Phi) is 2.96. The lowest BCUT2D eigenvalue weighted by molar-refractivity contribution is 0.597. The minimum Gasteiger partial charge on any atom is -0.278 e. The Bertz CT molecular complexity index is 824. The van der Waals surface area contributed by atoms with Crippen molar-refractivity contribution in [2.45, 2.75) is 5.03 Å². The van der Waals surface area contributed by atoms with Crippen molar-refractivity contribution in [3.63, 3.8) is 0 Å². The molecule has 0 aliphatic heterocycles. The molecule has 0 spiro atoms. The van der Waals surface area contributed by atoms with E-state index in [-0.39, 0.29) is 10.2 Å². The molecule has 1 N–H and O–H groups in total. The van der Waals surface area contributed by atoms with E-state index in [0.29, 0.717) is 10.6 Å². The van der Waals surface area contributed by atoms with Gasteiger partial charge in [0.05, 0.1) is 0 Å². The summed E-state index contributed by atoms with van der Waals surface area (Å²) < 4.78 is 28.6. The third-order valence-corrected chi connectivity index (χ3v) is 4.99. The summed E-state index contributed by atoms with van der Waals surface area (Å²) in [4.78, 5) is 4.55. The van der Waals surface area contributed by atoms with Crippen LogP contribution in [-0.2, 0) is 10.0 Å². The number of anilines is 1. The van der Waals surface area contributed by atoms with Crippen LogP contribution in [0.25, 0.3) is 4.96 Å². The van der Waals surface area contributed by atoms with Crippen molar-refractivity contribution in [1.29, 1.82) is 0 Å². The molecule has 3 aromatic rings. The van der Waals surface area contributed by atoms with E-state index in [2.05, 4.69) is 9.71 Å². The van der Waals surface area contributed by atoms with Crippen molar-refractivity contribution in [3.8, 4) is 0 Å². The lowest BCUT2D eigenvalue weighted by Gasteiger charge is -2.06. The van der Waals surface area contributed by atoms with Gasteiger partial charge in [-0.2, -0.15) is 8.42 Å². The zero-order chi connectivity index (χ0) is 13.5. The van der Waals surface area contributed by atoms with E-state index < -0.39 is 10.0 Å². The molecule has 0 radical (unpaired) electrons. The Morgan fingerprint density at radius 3 is 2.74 bits per heavy atom. The van der Waals surface area contributed by atoms with Gasteiger partial charge in [-0.3, -0.25) is 9.12 Å². The Hall–Kier alpha value is -1.57. The molecule has 2 aromatic heterocycles. The van der Waals surface area contributed by atoms with Gasteiger partial charge in [0.1, 0.15) is 0 Å². The number of fused-ring (bicyclic) bond motifs is 1. The van der Waals surface area contributed by atoms with E-state index in [9.17, 15) is 8.42 Å². The van der Waals surface area contributed by atoms with E-state index in [1.165, 1.54) is 15.7 Å². The Balaban J connectivity index is 2.10. The van der Waals surface area contributed by atoms with Gasteiger partial charge in [0, 0.05) is 17.3 Å². The number of hydrogen-bond donors (Lipinski definition) is 1. The zero-order valence-corrected chi connectivity index (χ0v) is 11.8. The van der Waals surface area contributed by atoms with Gasteiger partial charge in [0.15, 0.2) is 15.1 Å². The largest absolute Gasteiger partial charge is 0.281 e. The number of rotatable bonds is 3. The first kappa shape index (κ1) is 12.5. The first-order valence-electron chi connectivity index (χ1n) is 5.27. The highest BCUT2D eigenvalue weighted by Gasteiger charge is 2.24. The van der Waals surface area contributed by atoms with Crippen molar-refractivity contribution < 1.29 is 8.42 Å². The van der Waals surface area contributed by atoms with Crippen LogP contribution in [0.15, 0.2) is 46.9 Å². The molecule has 98 valence electrons. The van der Waals surface area contributed by atoms with Gasteiger partial charge in [-0.1, -0.05) is 29.8 Å². The lowest BCUT2D eigenvalue weighted by Crippen LogP contribution is -2.15. The molecule has 0 fully saturated rings. The fourth-order valence-electron chi connectivity index (χ4n) is 1.69. The van der Waals surface area contributed by atoms with E-state index in [0.717, 1.165) is 0 Å². The molecule has 19 heavy (non-hydrogen) atoms. The Morgan fingerprint density at radius 1 is 1.26 bits per heavy atom. The van der Waals surface area contributed by atoms with Crippen molar-refractivity contribution in [2.75, 3.05) is 4.72 Å². The molecule has 0 saturated heterocycles. The van der Waals surface area contributed by atoms with Gasteiger partial charge in [-0.05, 0) is 12.1 Å². The van der Waals surface area contributed by atoms with Crippen LogP contribution in [0.5, 0.6) is 0 Å². The minimum atomic E-state index is -3.77. The number of nitrogens with zero attached hydrogens (tertiary/aromatic N) is 2. The van der Waals surface area contributed by atoms with Crippen LogP contribution >= 0.6 is 22.9 Å². The molecule has 2 heterocycles. The van der Waals surface area contributed by atoms with E-state index in [4.69, 9.17) is 11.6 Å². The number of aromatic nitrogens is 2. The maximum Gasteiger partial charge on any atom is 0.281 e. The second kappa shape index (κ2) is 4.52.